The van der Waals surface area contributed by atoms with E-state index in [1.807, 2.05) is 6.92 Å². The van der Waals surface area contributed by atoms with Gasteiger partial charge in [-0.25, -0.2) is 0 Å². The molecular weight excluding hydrogens is 220 g/mol. The van der Waals surface area contributed by atoms with Gasteiger partial charge in [-0.1, -0.05) is 13.8 Å². The molecule has 1 aliphatic heterocycles. The fourth-order valence-corrected chi connectivity index (χ4v) is 1.79. The van der Waals surface area contributed by atoms with E-state index in [-0.39, 0.29) is 12.0 Å². The Kier molecular flexibility index (Phi) is 4.58. The van der Waals surface area contributed by atoms with Gasteiger partial charge >= 0.3 is 0 Å². The molecule has 0 amide bonds. The van der Waals surface area contributed by atoms with Gasteiger partial charge in [-0.3, -0.25) is 0 Å². The summed E-state index contributed by atoms with van der Waals surface area (Å²) < 4.78 is 11.5. The molecular formula is C13H26O4. The first-order valence-corrected chi connectivity index (χ1v) is 6.29. The SMILES string of the molecule is CC1(C)COC(C)(CCCC(C)(O)CO)OC1. The molecule has 0 aromatic rings. The number of aliphatic hydroxyl groups is 2. The van der Waals surface area contributed by atoms with E-state index in [2.05, 4.69) is 13.8 Å². The van der Waals surface area contributed by atoms with E-state index >= 15 is 0 Å². The van der Waals surface area contributed by atoms with Crippen LogP contribution in [0.5, 0.6) is 0 Å². The van der Waals surface area contributed by atoms with Gasteiger partial charge in [0.25, 0.3) is 0 Å². The van der Waals surface area contributed by atoms with Crippen molar-refractivity contribution in [1.29, 1.82) is 0 Å². The van der Waals surface area contributed by atoms with Crippen molar-refractivity contribution in [2.75, 3.05) is 19.8 Å². The third-order valence-corrected chi connectivity index (χ3v) is 3.22. The first-order chi connectivity index (χ1) is 7.68. The molecule has 0 aromatic carbocycles. The zero-order valence-corrected chi connectivity index (χ0v) is 11.5. The van der Waals surface area contributed by atoms with E-state index in [4.69, 9.17) is 14.6 Å². The van der Waals surface area contributed by atoms with Gasteiger partial charge in [-0.05, 0) is 26.7 Å². The maximum atomic E-state index is 9.69. The molecule has 1 fully saturated rings. The van der Waals surface area contributed by atoms with E-state index in [9.17, 15) is 5.11 Å². The van der Waals surface area contributed by atoms with E-state index in [1.165, 1.54) is 0 Å². The van der Waals surface area contributed by atoms with Crippen LogP contribution in [-0.2, 0) is 9.47 Å². The molecule has 0 bridgehead atoms. The molecule has 0 aromatic heterocycles. The first kappa shape index (κ1) is 14.9. The van der Waals surface area contributed by atoms with Crippen LogP contribution in [-0.4, -0.2) is 41.4 Å². The quantitative estimate of drug-likeness (QED) is 0.775. The van der Waals surface area contributed by atoms with Gasteiger partial charge in [-0.2, -0.15) is 0 Å². The summed E-state index contributed by atoms with van der Waals surface area (Å²) in [6, 6.07) is 0. The molecule has 4 heteroatoms. The summed E-state index contributed by atoms with van der Waals surface area (Å²) in [7, 11) is 0. The van der Waals surface area contributed by atoms with Crippen LogP contribution < -0.4 is 0 Å². The number of rotatable bonds is 5. The Hall–Kier alpha value is -0.160. The van der Waals surface area contributed by atoms with Gasteiger partial charge in [0, 0.05) is 11.8 Å². The smallest absolute Gasteiger partial charge is 0.165 e. The summed E-state index contributed by atoms with van der Waals surface area (Å²) in [6.07, 6.45) is 2.05. The minimum Gasteiger partial charge on any atom is -0.393 e. The molecule has 1 unspecified atom stereocenters. The van der Waals surface area contributed by atoms with Gasteiger partial charge in [0.05, 0.1) is 25.4 Å². The molecule has 0 spiro atoms. The van der Waals surface area contributed by atoms with Crippen LogP contribution in [0.25, 0.3) is 0 Å². The maximum Gasteiger partial charge on any atom is 0.165 e. The van der Waals surface area contributed by atoms with Crippen molar-refractivity contribution in [3.63, 3.8) is 0 Å². The zero-order chi connectivity index (χ0) is 13.2. The average molecular weight is 246 g/mol. The summed E-state index contributed by atoms with van der Waals surface area (Å²) >= 11 is 0. The molecule has 1 heterocycles. The Morgan fingerprint density at radius 2 is 1.71 bits per heavy atom. The van der Waals surface area contributed by atoms with Gasteiger partial charge in [0.2, 0.25) is 0 Å². The fraction of sp³-hybridized carbons (Fsp3) is 1.00. The summed E-state index contributed by atoms with van der Waals surface area (Å²) in [6.45, 7) is 8.99. The van der Waals surface area contributed by atoms with Crippen LogP contribution in [0.15, 0.2) is 0 Å². The highest BCUT2D eigenvalue weighted by molar-refractivity contribution is 4.79. The monoisotopic (exact) mass is 246 g/mol. The molecule has 102 valence electrons. The summed E-state index contributed by atoms with van der Waals surface area (Å²) in [5.74, 6) is -0.541. The van der Waals surface area contributed by atoms with Gasteiger partial charge in [0.15, 0.2) is 5.79 Å². The Morgan fingerprint density at radius 1 is 1.18 bits per heavy atom. The lowest BCUT2D eigenvalue weighted by molar-refractivity contribution is -0.292. The topological polar surface area (TPSA) is 58.9 Å². The van der Waals surface area contributed by atoms with E-state index in [1.54, 1.807) is 6.92 Å². The van der Waals surface area contributed by atoms with E-state index in [0.717, 1.165) is 12.8 Å². The highest BCUT2D eigenvalue weighted by atomic mass is 16.7. The fourth-order valence-electron chi connectivity index (χ4n) is 1.79. The van der Waals surface area contributed by atoms with Crippen LogP contribution in [0.4, 0.5) is 0 Å². The van der Waals surface area contributed by atoms with Gasteiger partial charge < -0.3 is 19.7 Å². The van der Waals surface area contributed by atoms with Gasteiger partial charge in [0.1, 0.15) is 0 Å². The second-order valence-corrected chi connectivity index (χ2v) is 6.38. The highest BCUT2D eigenvalue weighted by Crippen LogP contribution is 2.32. The Balaban J connectivity index is 2.32. The number of ether oxygens (including phenoxy) is 2. The Morgan fingerprint density at radius 3 is 2.18 bits per heavy atom. The minimum absolute atomic E-state index is 0.0795. The highest BCUT2D eigenvalue weighted by Gasteiger charge is 2.36. The average Bonchev–Trinajstić information content (AvgIpc) is 2.23. The number of hydrogen-bond donors (Lipinski definition) is 2. The van der Waals surface area contributed by atoms with Crippen molar-refractivity contribution >= 4 is 0 Å². The lowest BCUT2D eigenvalue weighted by Crippen LogP contribution is -2.45. The minimum atomic E-state index is -0.996. The number of aliphatic hydroxyl groups excluding tert-OH is 1. The second-order valence-electron chi connectivity index (χ2n) is 6.38. The van der Waals surface area contributed by atoms with Crippen LogP contribution in [0.2, 0.25) is 0 Å². The van der Waals surface area contributed by atoms with Gasteiger partial charge in [-0.15, -0.1) is 0 Å². The summed E-state index contributed by atoms with van der Waals surface area (Å²) in [4.78, 5) is 0. The molecule has 1 aliphatic rings. The molecule has 1 atom stereocenters. The van der Waals surface area contributed by atoms with Crippen molar-refractivity contribution in [2.24, 2.45) is 5.41 Å². The van der Waals surface area contributed by atoms with E-state index < -0.39 is 11.4 Å². The molecule has 1 saturated heterocycles. The van der Waals surface area contributed by atoms with Crippen LogP contribution in [0, 0.1) is 5.41 Å². The molecule has 17 heavy (non-hydrogen) atoms. The Labute approximate surface area is 104 Å². The normalized spacial score (nSPS) is 26.5. The Bertz CT molecular complexity index is 238. The molecule has 0 aliphatic carbocycles. The third-order valence-electron chi connectivity index (χ3n) is 3.22. The van der Waals surface area contributed by atoms with Crippen molar-refractivity contribution < 1.29 is 19.7 Å². The maximum absolute atomic E-state index is 9.69. The largest absolute Gasteiger partial charge is 0.393 e. The predicted molar refractivity (Wildman–Crippen MR) is 65.7 cm³/mol. The lowest BCUT2D eigenvalue weighted by Gasteiger charge is -2.41. The predicted octanol–water partition coefficient (Wildman–Crippen LogP) is 1.69. The van der Waals surface area contributed by atoms with Crippen molar-refractivity contribution in [1.82, 2.24) is 0 Å². The van der Waals surface area contributed by atoms with Crippen LogP contribution in [0.1, 0.15) is 47.0 Å². The van der Waals surface area contributed by atoms with Crippen LogP contribution in [0.3, 0.4) is 0 Å². The van der Waals surface area contributed by atoms with E-state index in [0.29, 0.717) is 19.6 Å². The summed E-state index contributed by atoms with van der Waals surface area (Å²) in [5.41, 5.74) is -0.916. The molecule has 1 rings (SSSR count). The first-order valence-electron chi connectivity index (χ1n) is 6.29. The van der Waals surface area contributed by atoms with Crippen molar-refractivity contribution in [3.8, 4) is 0 Å². The van der Waals surface area contributed by atoms with Crippen molar-refractivity contribution in [3.05, 3.63) is 0 Å². The molecule has 0 saturated carbocycles. The third kappa shape index (κ3) is 4.92. The lowest BCUT2D eigenvalue weighted by atomic mass is 9.93. The standard InChI is InChI=1S/C13H26O4/c1-11(2)9-16-13(4,17-10-11)7-5-6-12(3,15)8-14/h14-15H,5-10H2,1-4H3. The molecule has 4 nitrogen and oxygen atoms in total. The van der Waals surface area contributed by atoms with Crippen LogP contribution >= 0.6 is 0 Å². The zero-order valence-electron chi connectivity index (χ0n) is 11.5. The molecule has 0 radical (unpaired) electrons. The second kappa shape index (κ2) is 5.22. The number of hydrogen-bond acceptors (Lipinski definition) is 4. The molecule has 2 N–H and O–H groups in total. The summed E-state index contributed by atoms with van der Waals surface area (Å²) in [5, 5.41) is 18.6. The van der Waals surface area contributed by atoms with Crippen molar-refractivity contribution in [2.45, 2.75) is 58.3 Å².